The predicted octanol–water partition coefficient (Wildman–Crippen LogP) is 1.96. The minimum atomic E-state index is 0.660. The van der Waals surface area contributed by atoms with E-state index >= 15 is 0 Å². The normalized spacial score (nSPS) is 13.0. The summed E-state index contributed by atoms with van der Waals surface area (Å²) in [6.07, 6.45) is 3.35. The molecule has 1 aromatic rings. The van der Waals surface area contributed by atoms with Gasteiger partial charge in [0.05, 0.1) is 6.07 Å². The quantitative estimate of drug-likeness (QED) is 0.603. The van der Waals surface area contributed by atoms with Crippen molar-refractivity contribution < 1.29 is 4.79 Å². The molecule has 0 heterocycles. The summed E-state index contributed by atoms with van der Waals surface area (Å²) >= 11 is 0. The van der Waals surface area contributed by atoms with Gasteiger partial charge in [-0.25, -0.2) is 0 Å². The van der Waals surface area contributed by atoms with Gasteiger partial charge in [0.25, 0.3) is 0 Å². The second-order valence-electron chi connectivity index (χ2n) is 3.03. The van der Waals surface area contributed by atoms with Gasteiger partial charge in [0.2, 0.25) is 0 Å². The smallest absolute Gasteiger partial charge is 0.150 e. The van der Waals surface area contributed by atoms with Crippen molar-refractivity contribution >= 4 is 12.4 Å². The molecule has 2 nitrogen and oxygen atoms in total. The van der Waals surface area contributed by atoms with Gasteiger partial charge in [-0.05, 0) is 23.3 Å². The SMILES string of the molecule is N#CC1=Cc2ccc(C=O)cc2C1. The first kappa shape index (κ1) is 7.75. The second kappa shape index (κ2) is 2.87. The van der Waals surface area contributed by atoms with Crippen LogP contribution in [0.15, 0.2) is 23.8 Å². The number of nitrogens with zero attached hydrogens (tertiary/aromatic N) is 1. The standard InChI is InChI=1S/C11H7NO/c12-6-9-4-10-2-1-8(7-13)3-11(10)5-9/h1-4,7H,5H2. The Morgan fingerprint density at radius 2 is 2.31 bits per heavy atom. The van der Waals surface area contributed by atoms with Crippen LogP contribution in [0.4, 0.5) is 0 Å². The van der Waals surface area contributed by atoms with Gasteiger partial charge < -0.3 is 0 Å². The number of allylic oxidation sites excluding steroid dienone is 1. The summed E-state index contributed by atoms with van der Waals surface area (Å²) < 4.78 is 0. The van der Waals surface area contributed by atoms with E-state index in [0.717, 1.165) is 23.0 Å². The lowest BCUT2D eigenvalue weighted by molar-refractivity contribution is 0.112. The second-order valence-corrected chi connectivity index (χ2v) is 3.03. The molecule has 0 saturated carbocycles. The minimum absolute atomic E-state index is 0.660. The van der Waals surface area contributed by atoms with Crippen LogP contribution in [0.3, 0.4) is 0 Å². The van der Waals surface area contributed by atoms with Crippen molar-refractivity contribution in [2.45, 2.75) is 6.42 Å². The fourth-order valence-electron chi connectivity index (χ4n) is 1.51. The maximum absolute atomic E-state index is 10.5. The molecular formula is C11H7NO. The maximum atomic E-state index is 10.5. The lowest BCUT2D eigenvalue weighted by atomic mass is 10.1. The van der Waals surface area contributed by atoms with E-state index in [1.165, 1.54) is 0 Å². The van der Waals surface area contributed by atoms with E-state index in [1.54, 1.807) is 6.07 Å². The number of fused-ring (bicyclic) bond motifs is 1. The lowest BCUT2D eigenvalue weighted by Crippen LogP contribution is -1.86. The van der Waals surface area contributed by atoms with Gasteiger partial charge in [-0.3, -0.25) is 4.79 Å². The fraction of sp³-hybridized carbons (Fsp3) is 0.0909. The molecule has 0 N–H and O–H groups in total. The summed E-state index contributed by atoms with van der Waals surface area (Å²) in [7, 11) is 0. The van der Waals surface area contributed by atoms with E-state index < -0.39 is 0 Å². The summed E-state index contributed by atoms with van der Waals surface area (Å²) in [4.78, 5) is 10.5. The van der Waals surface area contributed by atoms with E-state index in [0.29, 0.717) is 12.0 Å². The first-order chi connectivity index (χ1) is 6.33. The highest BCUT2D eigenvalue weighted by atomic mass is 16.1. The van der Waals surface area contributed by atoms with Crippen LogP contribution < -0.4 is 0 Å². The highest BCUT2D eigenvalue weighted by Crippen LogP contribution is 2.24. The molecule has 62 valence electrons. The number of hydrogen-bond donors (Lipinski definition) is 0. The highest BCUT2D eigenvalue weighted by Gasteiger charge is 2.11. The van der Waals surface area contributed by atoms with Gasteiger partial charge in [-0.1, -0.05) is 12.1 Å². The first-order valence-corrected chi connectivity index (χ1v) is 4.02. The van der Waals surface area contributed by atoms with E-state index in [9.17, 15) is 4.79 Å². The van der Waals surface area contributed by atoms with Crippen molar-refractivity contribution in [3.63, 3.8) is 0 Å². The van der Waals surface area contributed by atoms with Gasteiger partial charge in [-0.2, -0.15) is 5.26 Å². The Hall–Kier alpha value is -1.88. The molecule has 0 saturated heterocycles. The van der Waals surface area contributed by atoms with E-state index in [4.69, 9.17) is 5.26 Å². The van der Waals surface area contributed by atoms with Crippen molar-refractivity contribution in [3.8, 4) is 6.07 Å². The Labute approximate surface area is 76.1 Å². The van der Waals surface area contributed by atoms with Crippen LogP contribution in [-0.2, 0) is 6.42 Å². The van der Waals surface area contributed by atoms with Gasteiger partial charge >= 0.3 is 0 Å². The Bertz CT molecular complexity index is 438. The molecule has 2 rings (SSSR count). The molecule has 0 aromatic heterocycles. The Balaban J connectivity index is 2.45. The number of aldehydes is 1. The Morgan fingerprint density at radius 1 is 1.46 bits per heavy atom. The number of carbonyl (C=O) groups is 1. The van der Waals surface area contributed by atoms with Crippen molar-refractivity contribution in [3.05, 3.63) is 40.5 Å². The van der Waals surface area contributed by atoms with Crippen molar-refractivity contribution in [1.29, 1.82) is 5.26 Å². The zero-order valence-corrected chi connectivity index (χ0v) is 6.95. The maximum Gasteiger partial charge on any atom is 0.150 e. The van der Waals surface area contributed by atoms with Crippen LogP contribution in [0.2, 0.25) is 0 Å². The lowest BCUT2D eigenvalue weighted by Gasteiger charge is -1.97. The molecule has 0 radical (unpaired) electrons. The molecule has 0 spiro atoms. The molecular weight excluding hydrogens is 162 g/mol. The van der Waals surface area contributed by atoms with Gasteiger partial charge in [0.15, 0.2) is 0 Å². The molecule has 0 atom stereocenters. The van der Waals surface area contributed by atoms with E-state index in [1.807, 2.05) is 18.2 Å². The number of hydrogen-bond acceptors (Lipinski definition) is 2. The van der Waals surface area contributed by atoms with Gasteiger partial charge in [0, 0.05) is 17.6 Å². The van der Waals surface area contributed by atoms with E-state index in [2.05, 4.69) is 6.07 Å². The number of nitriles is 1. The van der Waals surface area contributed by atoms with Crippen LogP contribution in [0.5, 0.6) is 0 Å². The van der Waals surface area contributed by atoms with Crippen molar-refractivity contribution in [2.24, 2.45) is 0 Å². The molecule has 0 unspecified atom stereocenters. The summed E-state index contributed by atoms with van der Waals surface area (Å²) in [5, 5.41) is 8.68. The third-order valence-electron chi connectivity index (χ3n) is 2.16. The molecule has 1 aromatic carbocycles. The summed E-state index contributed by atoms with van der Waals surface area (Å²) in [6, 6.07) is 7.60. The van der Waals surface area contributed by atoms with Crippen LogP contribution in [-0.4, -0.2) is 6.29 Å². The Kier molecular flexibility index (Phi) is 1.71. The molecule has 13 heavy (non-hydrogen) atoms. The molecule has 2 heteroatoms. The monoisotopic (exact) mass is 169 g/mol. The highest BCUT2D eigenvalue weighted by molar-refractivity contribution is 5.78. The summed E-state index contributed by atoms with van der Waals surface area (Å²) in [5.74, 6) is 0. The third-order valence-corrected chi connectivity index (χ3v) is 2.16. The molecule has 1 aliphatic carbocycles. The predicted molar refractivity (Wildman–Crippen MR) is 49.1 cm³/mol. The van der Waals surface area contributed by atoms with Gasteiger partial charge in [0.1, 0.15) is 6.29 Å². The molecule has 0 bridgehead atoms. The molecule has 0 aliphatic heterocycles. The fourth-order valence-corrected chi connectivity index (χ4v) is 1.51. The topological polar surface area (TPSA) is 40.9 Å². The van der Waals surface area contributed by atoms with Crippen LogP contribution >= 0.6 is 0 Å². The molecule has 1 aliphatic rings. The number of rotatable bonds is 1. The average molecular weight is 169 g/mol. The number of carbonyl (C=O) groups excluding carboxylic acids is 1. The summed E-state index contributed by atoms with van der Waals surface area (Å²) in [6.45, 7) is 0. The van der Waals surface area contributed by atoms with E-state index in [-0.39, 0.29) is 0 Å². The largest absolute Gasteiger partial charge is 0.298 e. The van der Waals surface area contributed by atoms with Crippen LogP contribution in [0.1, 0.15) is 21.5 Å². The average Bonchev–Trinajstić information content (AvgIpc) is 2.58. The van der Waals surface area contributed by atoms with Crippen molar-refractivity contribution in [2.75, 3.05) is 0 Å². The zero-order chi connectivity index (χ0) is 9.26. The Morgan fingerprint density at radius 3 is 3.00 bits per heavy atom. The summed E-state index contributed by atoms with van der Waals surface area (Å²) in [5.41, 5.74) is 3.56. The van der Waals surface area contributed by atoms with Crippen LogP contribution in [0, 0.1) is 11.3 Å². The van der Waals surface area contributed by atoms with Gasteiger partial charge in [-0.15, -0.1) is 0 Å². The number of benzene rings is 1. The van der Waals surface area contributed by atoms with Crippen molar-refractivity contribution in [1.82, 2.24) is 0 Å². The minimum Gasteiger partial charge on any atom is -0.298 e. The zero-order valence-electron chi connectivity index (χ0n) is 6.95. The van der Waals surface area contributed by atoms with Crippen LogP contribution in [0.25, 0.3) is 6.08 Å². The third kappa shape index (κ3) is 1.25. The molecule has 0 fully saturated rings. The first-order valence-electron chi connectivity index (χ1n) is 4.02. The molecule has 0 amide bonds.